The van der Waals surface area contributed by atoms with Crippen molar-refractivity contribution < 1.29 is 38.1 Å². The van der Waals surface area contributed by atoms with Gasteiger partial charge in [0.2, 0.25) is 0 Å². The fraction of sp³-hybridized carbons (Fsp3) is 0.640. The quantitative estimate of drug-likeness (QED) is 0.464. The molecule has 1 aromatic carbocycles. The Morgan fingerprint density at radius 3 is 2.42 bits per heavy atom. The molecule has 8 heteroatoms. The third-order valence-corrected chi connectivity index (χ3v) is 4.94. The highest BCUT2D eigenvalue weighted by Gasteiger charge is 2.38. The van der Waals surface area contributed by atoms with Gasteiger partial charge in [-0.1, -0.05) is 32.0 Å². The number of carbonyl (C=O) groups is 3. The van der Waals surface area contributed by atoms with Crippen LogP contribution in [0.25, 0.3) is 0 Å². The number of hydrogen-bond acceptors (Lipinski definition) is 8. The normalized spacial score (nSPS) is 24.5. The van der Waals surface area contributed by atoms with Gasteiger partial charge in [-0.3, -0.25) is 14.4 Å². The number of ether oxygens (including phenoxy) is 5. The third-order valence-electron chi connectivity index (χ3n) is 4.94. The van der Waals surface area contributed by atoms with Crippen molar-refractivity contribution in [3.8, 4) is 5.75 Å². The molecular weight excluding hydrogens is 428 g/mol. The third kappa shape index (κ3) is 9.04. The maximum atomic E-state index is 12.9. The fourth-order valence-corrected chi connectivity index (χ4v) is 3.27. The Morgan fingerprint density at radius 1 is 1.15 bits per heavy atom. The van der Waals surface area contributed by atoms with Gasteiger partial charge in [0.05, 0.1) is 24.9 Å². The van der Waals surface area contributed by atoms with Crippen molar-refractivity contribution in [3.63, 3.8) is 0 Å². The Morgan fingerprint density at radius 2 is 1.82 bits per heavy atom. The molecule has 1 aliphatic rings. The number of hydrogen-bond donors (Lipinski definition) is 0. The van der Waals surface area contributed by atoms with E-state index in [2.05, 4.69) is 0 Å². The predicted octanol–water partition coefficient (Wildman–Crippen LogP) is 3.70. The van der Waals surface area contributed by atoms with Crippen LogP contribution in [0.15, 0.2) is 30.3 Å². The van der Waals surface area contributed by atoms with Crippen LogP contribution < -0.4 is 4.74 Å². The summed E-state index contributed by atoms with van der Waals surface area (Å²) in [6.45, 7) is 10.7. The number of carbonyl (C=O) groups excluding carboxylic acids is 3. The van der Waals surface area contributed by atoms with Gasteiger partial charge in [-0.05, 0) is 46.2 Å². The first-order chi connectivity index (χ1) is 15.5. The summed E-state index contributed by atoms with van der Waals surface area (Å²) in [5.74, 6) is -1.94. The van der Waals surface area contributed by atoms with E-state index in [1.54, 1.807) is 53.7 Å². The summed E-state index contributed by atoms with van der Waals surface area (Å²) in [6, 6.07) is 9.01. The molecule has 2 rings (SSSR count). The minimum absolute atomic E-state index is 0.0665. The smallest absolute Gasteiger partial charge is 0.310 e. The van der Waals surface area contributed by atoms with Crippen LogP contribution in [0.4, 0.5) is 0 Å². The van der Waals surface area contributed by atoms with E-state index in [1.165, 1.54) is 0 Å². The van der Waals surface area contributed by atoms with Gasteiger partial charge in [0, 0.05) is 6.61 Å². The lowest BCUT2D eigenvalue weighted by molar-refractivity contribution is -0.180. The van der Waals surface area contributed by atoms with Gasteiger partial charge < -0.3 is 23.7 Å². The molecule has 184 valence electrons. The van der Waals surface area contributed by atoms with Crippen molar-refractivity contribution in [1.82, 2.24) is 0 Å². The van der Waals surface area contributed by atoms with Crippen molar-refractivity contribution in [1.29, 1.82) is 0 Å². The summed E-state index contributed by atoms with van der Waals surface area (Å²) in [7, 11) is 0. The SMILES string of the molecule is CC(C)C(=O)O[C@H]1COCC[C@H](CC(=O)OC(C)(C)C)C(=O)O[C@@H](C)[C@@H]1Oc1ccccc1. The van der Waals surface area contributed by atoms with E-state index in [1.807, 2.05) is 18.2 Å². The molecule has 0 saturated carbocycles. The number of cyclic esters (lactones) is 1. The second kappa shape index (κ2) is 12.0. The number of rotatable bonds is 6. The lowest BCUT2D eigenvalue weighted by Gasteiger charge is -2.33. The first-order valence-corrected chi connectivity index (χ1v) is 11.4. The molecule has 1 aromatic rings. The number of esters is 3. The van der Waals surface area contributed by atoms with Crippen LogP contribution in [-0.4, -0.2) is 55.0 Å². The summed E-state index contributed by atoms with van der Waals surface area (Å²) in [6.07, 6.45) is -2.20. The minimum atomic E-state index is -0.806. The molecular formula is C25H36O8. The maximum absolute atomic E-state index is 12.9. The predicted molar refractivity (Wildman–Crippen MR) is 121 cm³/mol. The Balaban J connectivity index is 2.21. The molecule has 1 saturated heterocycles. The van der Waals surface area contributed by atoms with Crippen LogP contribution in [-0.2, 0) is 33.3 Å². The maximum Gasteiger partial charge on any atom is 0.310 e. The zero-order chi connectivity index (χ0) is 24.6. The Kier molecular flexibility index (Phi) is 9.70. The van der Waals surface area contributed by atoms with Crippen LogP contribution >= 0.6 is 0 Å². The first-order valence-electron chi connectivity index (χ1n) is 11.4. The van der Waals surface area contributed by atoms with Gasteiger partial charge in [-0.25, -0.2) is 0 Å². The van der Waals surface area contributed by atoms with E-state index in [-0.39, 0.29) is 32.0 Å². The second-order valence-electron chi connectivity index (χ2n) is 9.52. The molecule has 8 nitrogen and oxygen atoms in total. The summed E-state index contributed by atoms with van der Waals surface area (Å²) in [5, 5.41) is 0. The minimum Gasteiger partial charge on any atom is -0.483 e. The molecule has 0 unspecified atom stereocenters. The molecule has 1 aliphatic heterocycles. The molecule has 0 aliphatic carbocycles. The van der Waals surface area contributed by atoms with E-state index in [0.717, 1.165) is 0 Å². The highest BCUT2D eigenvalue weighted by atomic mass is 16.6. The summed E-state index contributed by atoms with van der Waals surface area (Å²) >= 11 is 0. The molecule has 0 aromatic heterocycles. The first kappa shape index (κ1) is 26.6. The van der Waals surface area contributed by atoms with E-state index in [4.69, 9.17) is 23.7 Å². The van der Waals surface area contributed by atoms with E-state index >= 15 is 0 Å². The van der Waals surface area contributed by atoms with Crippen LogP contribution in [0.2, 0.25) is 0 Å². The second-order valence-corrected chi connectivity index (χ2v) is 9.52. The topological polar surface area (TPSA) is 97.4 Å². The van der Waals surface area contributed by atoms with Gasteiger partial charge in [0.1, 0.15) is 17.5 Å². The van der Waals surface area contributed by atoms with E-state index in [9.17, 15) is 14.4 Å². The van der Waals surface area contributed by atoms with Crippen molar-refractivity contribution in [2.75, 3.05) is 13.2 Å². The standard InChI is InChI=1S/C25H36O8/c1-16(2)23(27)32-20-15-29-13-12-18(14-21(26)33-25(4,5)6)24(28)30-17(3)22(20)31-19-10-8-7-9-11-19/h7-11,16-18,20,22H,12-15H2,1-6H3/t17-,18+,20-,22-/m0/s1. The van der Waals surface area contributed by atoms with Crippen LogP contribution in [0.1, 0.15) is 54.4 Å². The molecule has 0 radical (unpaired) electrons. The summed E-state index contributed by atoms with van der Waals surface area (Å²) < 4.78 is 28.6. The lowest BCUT2D eigenvalue weighted by atomic mass is 10.0. The largest absolute Gasteiger partial charge is 0.483 e. The fourth-order valence-electron chi connectivity index (χ4n) is 3.27. The molecule has 0 spiro atoms. The molecule has 4 atom stereocenters. The van der Waals surface area contributed by atoms with Crippen molar-refractivity contribution in [2.45, 2.75) is 78.3 Å². The zero-order valence-electron chi connectivity index (χ0n) is 20.4. The number of benzene rings is 1. The lowest BCUT2D eigenvalue weighted by Crippen LogP contribution is -2.49. The summed E-state index contributed by atoms with van der Waals surface area (Å²) in [5.41, 5.74) is -0.650. The number of para-hydroxylation sites is 1. The van der Waals surface area contributed by atoms with Gasteiger partial charge in [-0.15, -0.1) is 0 Å². The Hall–Kier alpha value is -2.61. The van der Waals surface area contributed by atoms with Gasteiger partial charge in [0.15, 0.2) is 12.2 Å². The van der Waals surface area contributed by atoms with Gasteiger partial charge in [-0.2, -0.15) is 0 Å². The average molecular weight is 465 g/mol. The molecule has 1 heterocycles. The van der Waals surface area contributed by atoms with Crippen LogP contribution in [0.5, 0.6) is 5.75 Å². The van der Waals surface area contributed by atoms with E-state index < -0.39 is 47.7 Å². The Bertz CT molecular complexity index is 783. The molecule has 1 fully saturated rings. The van der Waals surface area contributed by atoms with Crippen LogP contribution in [0.3, 0.4) is 0 Å². The summed E-state index contributed by atoms with van der Waals surface area (Å²) in [4.78, 5) is 37.6. The highest BCUT2D eigenvalue weighted by molar-refractivity contribution is 5.80. The molecule has 0 amide bonds. The van der Waals surface area contributed by atoms with Crippen molar-refractivity contribution in [3.05, 3.63) is 30.3 Å². The highest BCUT2D eigenvalue weighted by Crippen LogP contribution is 2.24. The molecule has 0 bridgehead atoms. The molecule has 0 N–H and O–H groups in total. The van der Waals surface area contributed by atoms with Crippen molar-refractivity contribution >= 4 is 17.9 Å². The van der Waals surface area contributed by atoms with Gasteiger partial charge in [0.25, 0.3) is 0 Å². The zero-order valence-corrected chi connectivity index (χ0v) is 20.4. The van der Waals surface area contributed by atoms with Crippen molar-refractivity contribution in [2.24, 2.45) is 11.8 Å². The van der Waals surface area contributed by atoms with E-state index in [0.29, 0.717) is 5.75 Å². The average Bonchev–Trinajstić information content (AvgIpc) is 2.71. The van der Waals surface area contributed by atoms with Crippen LogP contribution in [0, 0.1) is 11.8 Å². The molecule has 33 heavy (non-hydrogen) atoms. The Labute approximate surface area is 195 Å². The monoisotopic (exact) mass is 464 g/mol. The van der Waals surface area contributed by atoms with Gasteiger partial charge >= 0.3 is 17.9 Å².